The van der Waals surface area contributed by atoms with Crippen LogP contribution in [0, 0.1) is 0 Å². The Balaban J connectivity index is 1.81. The molecular formula is C19H26ClN3O4. The minimum absolute atomic E-state index is 0.0532. The van der Waals surface area contributed by atoms with E-state index in [9.17, 15) is 4.79 Å². The van der Waals surface area contributed by atoms with E-state index in [1.165, 1.54) is 0 Å². The zero-order chi connectivity index (χ0) is 19.8. The number of carbonyl (C=O) groups excluding carboxylic acids is 1. The molecule has 1 heterocycles. The van der Waals surface area contributed by atoms with Gasteiger partial charge in [0.15, 0.2) is 17.3 Å². The van der Waals surface area contributed by atoms with E-state index in [0.717, 1.165) is 5.56 Å². The number of ether oxygens (including phenoxy) is 2. The SMILES string of the molecule is CCOc1c(Cl)cc(CNC(=O)CCCc2nc(C(C)C)no2)cc1OC. The highest BCUT2D eigenvalue weighted by Gasteiger charge is 2.13. The molecule has 0 aliphatic carbocycles. The maximum Gasteiger partial charge on any atom is 0.226 e. The van der Waals surface area contributed by atoms with Gasteiger partial charge in [-0.25, -0.2) is 0 Å². The van der Waals surface area contributed by atoms with Gasteiger partial charge in [-0.3, -0.25) is 4.79 Å². The Morgan fingerprint density at radius 3 is 2.78 bits per heavy atom. The molecule has 0 atom stereocenters. The number of halogens is 1. The van der Waals surface area contributed by atoms with Crippen LogP contribution in [-0.2, 0) is 17.8 Å². The predicted octanol–water partition coefficient (Wildman–Crippen LogP) is 3.89. The summed E-state index contributed by atoms with van der Waals surface area (Å²) >= 11 is 6.24. The van der Waals surface area contributed by atoms with Crippen LogP contribution in [-0.4, -0.2) is 29.8 Å². The Hall–Kier alpha value is -2.28. The molecule has 2 rings (SSSR count). The number of aryl methyl sites for hydroxylation is 1. The van der Waals surface area contributed by atoms with Gasteiger partial charge < -0.3 is 19.3 Å². The average Bonchev–Trinajstić information content (AvgIpc) is 3.11. The second kappa shape index (κ2) is 10.2. The predicted molar refractivity (Wildman–Crippen MR) is 102 cm³/mol. The highest BCUT2D eigenvalue weighted by molar-refractivity contribution is 6.32. The number of amides is 1. The molecule has 8 heteroatoms. The zero-order valence-corrected chi connectivity index (χ0v) is 16.9. The first kappa shape index (κ1) is 21.0. The third kappa shape index (κ3) is 6.13. The fraction of sp³-hybridized carbons (Fsp3) is 0.526. The van der Waals surface area contributed by atoms with Crippen molar-refractivity contribution in [2.24, 2.45) is 0 Å². The van der Waals surface area contributed by atoms with Crippen molar-refractivity contribution < 1.29 is 18.8 Å². The Morgan fingerprint density at radius 1 is 1.37 bits per heavy atom. The van der Waals surface area contributed by atoms with Crippen molar-refractivity contribution in [3.05, 3.63) is 34.4 Å². The standard InChI is InChI=1S/C19H26ClN3O4/c1-5-26-18-14(20)9-13(10-15(18)25-4)11-21-16(24)7-6-8-17-22-19(12(2)3)23-27-17/h9-10,12H,5-8,11H2,1-4H3,(H,21,24). The van der Waals surface area contributed by atoms with Crippen LogP contribution in [0.4, 0.5) is 0 Å². The fourth-order valence-corrected chi connectivity index (χ4v) is 2.74. The zero-order valence-electron chi connectivity index (χ0n) is 16.2. The van der Waals surface area contributed by atoms with Crippen molar-refractivity contribution in [1.29, 1.82) is 0 Å². The van der Waals surface area contributed by atoms with E-state index in [4.69, 9.17) is 25.6 Å². The number of hydrogen-bond donors (Lipinski definition) is 1. The first-order valence-corrected chi connectivity index (χ1v) is 9.40. The summed E-state index contributed by atoms with van der Waals surface area (Å²) in [5, 5.41) is 7.25. The largest absolute Gasteiger partial charge is 0.493 e. The molecule has 0 saturated carbocycles. The van der Waals surface area contributed by atoms with Crippen molar-refractivity contribution in [2.45, 2.75) is 52.5 Å². The van der Waals surface area contributed by atoms with E-state index < -0.39 is 0 Å². The van der Waals surface area contributed by atoms with Crippen LogP contribution in [0.25, 0.3) is 0 Å². The molecule has 1 amide bonds. The molecule has 2 aromatic rings. The van der Waals surface area contributed by atoms with Crippen molar-refractivity contribution in [2.75, 3.05) is 13.7 Å². The van der Waals surface area contributed by atoms with Gasteiger partial charge >= 0.3 is 0 Å². The lowest BCUT2D eigenvalue weighted by molar-refractivity contribution is -0.121. The van der Waals surface area contributed by atoms with Crippen LogP contribution in [0.3, 0.4) is 0 Å². The van der Waals surface area contributed by atoms with Crippen molar-refractivity contribution in [3.8, 4) is 11.5 Å². The quantitative estimate of drug-likeness (QED) is 0.656. The molecule has 0 fully saturated rings. The molecule has 0 aliphatic heterocycles. The van der Waals surface area contributed by atoms with E-state index in [-0.39, 0.29) is 11.8 Å². The van der Waals surface area contributed by atoms with E-state index in [1.807, 2.05) is 26.8 Å². The summed E-state index contributed by atoms with van der Waals surface area (Å²) in [5.74, 6) is 2.49. The number of aromatic nitrogens is 2. The smallest absolute Gasteiger partial charge is 0.226 e. The van der Waals surface area contributed by atoms with Crippen molar-refractivity contribution in [3.63, 3.8) is 0 Å². The first-order chi connectivity index (χ1) is 12.9. The lowest BCUT2D eigenvalue weighted by atomic mass is 10.2. The van der Waals surface area contributed by atoms with Crippen LogP contribution in [0.5, 0.6) is 11.5 Å². The van der Waals surface area contributed by atoms with Gasteiger partial charge in [0.05, 0.1) is 18.7 Å². The number of carbonyl (C=O) groups is 1. The van der Waals surface area contributed by atoms with Gasteiger partial charge in [-0.1, -0.05) is 30.6 Å². The molecule has 0 unspecified atom stereocenters. The summed E-state index contributed by atoms with van der Waals surface area (Å²) in [6.07, 6.45) is 1.59. The normalized spacial score (nSPS) is 10.9. The molecule has 148 valence electrons. The number of rotatable bonds is 10. The maximum atomic E-state index is 12.1. The molecule has 27 heavy (non-hydrogen) atoms. The van der Waals surface area contributed by atoms with Crippen LogP contribution in [0.1, 0.15) is 56.8 Å². The molecule has 1 N–H and O–H groups in total. The van der Waals surface area contributed by atoms with Gasteiger partial charge in [-0.05, 0) is 31.0 Å². The van der Waals surface area contributed by atoms with Crippen LogP contribution >= 0.6 is 11.6 Å². The van der Waals surface area contributed by atoms with Gasteiger partial charge in [0.2, 0.25) is 11.8 Å². The Kier molecular flexibility index (Phi) is 7.91. The average molecular weight is 396 g/mol. The molecule has 1 aromatic heterocycles. The summed E-state index contributed by atoms with van der Waals surface area (Å²) in [4.78, 5) is 16.4. The number of hydrogen-bond acceptors (Lipinski definition) is 6. The molecule has 7 nitrogen and oxygen atoms in total. The molecule has 1 aromatic carbocycles. The number of methoxy groups -OCH3 is 1. The summed E-state index contributed by atoms with van der Waals surface area (Å²) in [7, 11) is 1.55. The van der Waals surface area contributed by atoms with Crippen molar-refractivity contribution in [1.82, 2.24) is 15.5 Å². The topological polar surface area (TPSA) is 86.5 Å². The monoisotopic (exact) mass is 395 g/mol. The molecule has 0 radical (unpaired) electrons. The summed E-state index contributed by atoms with van der Waals surface area (Å²) in [6, 6.07) is 3.57. The maximum absolute atomic E-state index is 12.1. The fourth-order valence-electron chi connectivity index (χ4n) is 2.45. The van der Waals surface area contributed by atoms with Gasteiger partial charge in [-0.2, -0.15) is 4.98 Å². The van der Waals surface area contributed by atoms with Gasteiger partial charge in [-0.15, -0.1) is 0 Å². The third-order valence-corrected chi connectivity index (χ3v) is 4.14. The van der Waals surface area contributed by atoms with Crippen LogP contribution in [0.2, 0.25) is 5.02 Å². The summed E-state index contributed by atoms with van der Waals surface area (Å²) in [6.45, 7) is 6.74. The number of benzene rings is 1. The summed E-state index contributed by atoms with van der Waals surface area (Å²) < 4.78 is 16.0. The molecule has 0 saturated heterocycles. The molecule has 0 spiro atoms. The van der Waals surface area contributed by atoms with E-state index in [2.05, 4.69) is 15.5 Å². The minimum atomic E-state index is -0.0532. The van der Waals surface area contributed by atoms with Crippen molar-refractivity contribution >= 4 is 17.5 Å². The van der Waals surface area contributed by atoms with Gasteiger partial charge in [0.1, 0.15) is 0 Å². The lowest BCUT2D eigenvalue weighted by Crippen LogP contribution is -2.22. The highest BCUT2D eigenvalue weighted by Crippen LogP contribution is 2.36. The highest BCUT2D eigenvalue weighted by atomic mass is 35.5. The Labute approximate surface area is 164 Å². The Bertz CT molecular complexity index is 761. The first-order valence-electron chi connectivity index (χ1n) is 9.03. The number of nitrogens with zero attached hydrogens (tertiary/aromatic N) is 2. The Morgan fingerprint density at radius 2 is 2.15 bits per heavy atom. The molecule has 0 bridgehead atoms. The van der Waals surface area contributed by atoms with E-state index >= 15 is 0 Å². The van der Waals surface area contributed by atoms with Gasteiger partial charge in [0, 0.05) is 25.3 Å². The molecular weight excluding hydrogens is 370 g/mol. The second-order valence-electron chi connectivity index (χ2n) is 6.37. The second-order valence-corrected chi connectivity index (χ2v) is 6.78. The lowest BCUT2D eigenvalue weighted by Gasteiger charge is -2.13. The van der Waals surface area contributed by atoms with Gasteiger partial charge in [0.25, 0.3) is 0 Å². The third-order valence-electron chi connectivity index (χ3n) is 3.86. The van der Waals surface area contributed by atoms with Crippen LogP contribution in [0.15, 0.2) is 16.7 Å². The molecule has 0 aliphatic rings. The summed E-state index contributed by atoms with van der Waals surface area (Å²) in [5.41, 5.74) is 0.840. The van der Waals surface area contributed by atoms with E-state index in [1.54, 1.807) is 13.2 Å². The van der Waals surface area contributed by atoms with E-state index in [0.29, 0.717) is 60.7 Å². The minimum Gasteiger partial charge on any atom is -0.493 e. The number of nitrogens with one attached hydrogen (secondary N) is 1. The van der Waals surface area contributed by atoms with Crippen LogP contribution < -0.4 is 14.8 Å².